The Labute approximate surface area is 199 Å². The molecule has 5 rings (SSSR count). The molecule has 0 radical (unpaired) electrons. The zero-order valence-corrected chi connectivity index (χ0v) is 19.4. The van der Waals surface area contributed by atoms with Crippen LogP contribution in [0.4, 0.5) is 5.69 Å². The third-order valence-corrected chi connectivity index (χ3v) is 7.23. The minimum absolute atomic E-state index is 0.166. The Bertz CT molecular complexity index is 1270. The molecule has 34 heavy (non-hydrogen) atoms. The molecule has 3 aromatic rings. The van der Waals surface area contributed by atoms with Crippen LogP contribution in [-0.4, -0.2) is 17.8 Å². The lowest BCUT2D eigenvalue weighted by atomic mass is 9.73. The Morgan fingerprint density at radius 2 is 1.59 bits per heavy atom. The molecule has 1 saturated heterocycles. The average Bonchev–Trinajstić information content (AvgIpc) is 3.11. The first-order valence-corrected chi connectivity index (χ1v) is 11.7. The molecule has 0 bridgehead atoms. The van der Waals surface area contributed by atoms with Gasteiger partial charge in [0, 0.05) is 0 Å². The van der Waals surface area contributed by atoms with E-state index < -0.39 is 5.97 Å². The first-order chi connectivity index (χ1) is 16.4. The molecule has 5 heteroatoms. The van der Waals surface area contributed by atoms with E-state index >= 15 is 0 Å². The van der Waals surface area contributed by atoms with Crippen LogP contribution in [0.3, 0.4) is 0 Å². The molecule has 2 aliphatic rings. The van der Waals surface area contributed by atoms with Gasteiger partial charge < -0.3 is 4.74 Å². The minimum atomic E-state index is -0.522. The second kappa shape index (κ2) is 8.90. The van der Waals surface area contributed by atoms with Crippen LogP contribution in [0.2, 0.25) is 0 Å². The summed E-state index contributed by atoms with van der Waals surface area (Å²) in [4.78, 5) is 40.6. The van der Waals surface area contributed by atoms with Crippen LogP contribution < -0.4 is 9.64 Å². The number of ether oxygens (including phenoxy) is 1. The van der Waals surface area contributed by atoms with Crippen LogP contribution >= 0.6 is 0 Å². The highest BCUT2D eigenvalue weighted by atomic mass is 16.5. The number of amides is 2. The smallest absolute Gasteiger partial charge is 0.343 e. The van der Waals surface area contributed by atoms with Crippen molar-refractivity contribution in [2.45, 2.75) is 39.0 Å². The van der Waals surface area contributed by atoms with E-state index in [9.17, 15) is 14.4 Å². The van der Waals surface area contributed by atoms with E-state index in [1.807, 2.05) is 44.2 Å². The summed E-state index contributed by atoms with van der Waals surface area (Å²) in [5.41, 5.74) is 4.09. The molecule has 2 amide bonds. The highest BCUT2D eigenvalue weighted by Crippen LogP contribution is 2.45. The van der Waals surface area contributed by atoms with Gasteiger partial charge in [0.25, 0.3) is 0 Å². The molecule has 172 valence electrons. The molecule has 3 aromatic carbocycles. The second-order valence-electron chi connectivity index (χ2n) is 9.33. The maximum absolute atomic E-state index is 13.4. The number of carbonyl (C=O) groups is 3. The van der Waals surface area contributed by atoms with Crippen LogP contribution in [0.5, 0.6) is 5.75 Å². The van der Waals surface area contributed by atoms with E-state index in [2.05, 4.69) is 12.1 Å². The lowest BCUT2D eigenvalue weighted by Gasteiger charge is -2.28. The van der Waals surface area contributed by atoms with Crippen molar-refractivity contribution in [3.8, 4) is 5.75 Å². The van der Waals surface area contributed by atoms with Crippen molar-refractivity contribution >= 4 is 23.5 Å². The van der Waals surface area contributed by atoms with Gasteiger partial charge in [-0.25, -0.2) is 4.79 Å². The molecule has 1 saturated carbocycles. The summed E-state index contributed by atoms with van der Waals surface area (Å²) >= 11 is 0. The Balaban J connectivity index is 1.35. The SMILES string of the molecule is Cc1ccc(OC(=O)c2cccc(N3C(=O)[C@@H]4CC[C@H](c5ccccc5)C[C@H]4C3=O)c2)cc1C. The van der Waals surface area contributed by atoms with Crippen LogP contribution in [0.15, 0.2) is 72.8 Å². The fourth-order valence-electron chi connectivity index (χ4n) is 5.18. The topological polar surface area (TPSA) is 63.7 Å². The van der Waals surface area contributed by atoms with E-state index in [0.29, 0.717) is 29.8 Å². The highest BCUT2D eigenvalue weighted by molar-refractivity contribution is 6.22. The maximum atomic E-state index is 13.4. The van der Waals surface area contributed by atoms with Crippen molar-refractivity contribution < 1.29 is 19.1 Å². The molecule has 0 aromatic heterocycles. The third kappa shape index (κ3) is 4.03. The van der Waals surface area contributed by atoms with Gasteiger partial charge in [0.05, 0.1) is 23.1 Å². The van der Waals surface area contributed by atoms with Gasteiger partial charge in [-0.1, -0.05) is 42.5 Å². The number of esters is 1. The summed E-state index contributed by atoms with van der Waals surface area (Å²) < 4.78 is 5.54. The lowest BCUT2D eigenvalue weighted by Crippen LogP contribution is -2.31. The van der Waals surface area contributed by atoms with E-state index in [4.69, 9.17) is 4.74 Å². The van der Waals surface area contributed by atoms with Gasteiger partial charge in [-0.2, -0.15) is 0 Å². The number of anilines is 1. The number of fused-ring (bicyclic) bond motifs is 1. The van der Waals surface area contributed by atoms with E-state index in [1.54, 1.807) is 30.3 Å². The molecule has 0 spiro atoms. The Kier molecular flexibility index (Phi) is 5.78. The van der Waals surface area contributed by atoms with Gasteiger partial charge >= 0.3 is 5.97 Å². The van der Waals surface area contributed by atoms with Crippen LogP contribution in [-0.2, 0) is 9.59 Å². The second-order valence-corrected chi connectivity index (χ2v) is 9.33. The number of aryl methyl sites for hydroxylation is 2. The normalized spacial score (nSPS) is 21.9. The van der Waals surface area contributed by atoms with Gasteiger partial charge in [0.15, 0.2) is 0 Å². The fraction of sp³-hybridized carbons (Fsp3) is 0.276. The predicted octanol–water partition coefficient (Wildman–Crippen LogP) is 5.60. The Hall–Kier alpha value is -3.73. The van der Waals surface area contributed by atoms with Crippen molar-refractivity contribution in [1.29, 1.82) is 0 Å². The largest absolute Gasteiger partial charge is 0.423 e. The van der Waals surface area contributed by atoms with Crippen LogP contribution in [0.1, 0.15) is 52.2 Å². The highest BCUT2D eigenvalue weighted by Gasteiger charge is 2.50. The quantitative estimate of drug-likeness (QED) is 0.293. The molecule has 1 heterocycles. The number of imide groups is 1. The number of benzene rings is 3. The van der Waals surface area contributed by atoms with Crippen LogP contribution in [0, 0.1) is 25.7 Å². The monoisotopic (exact) mass is 453 g/mol. The molecule has 1 aliphatic heterocycles. The number of nitrogens with zero attached hydrogens (tertiary/aromatic N) is 1. The Morgan fingerprint density at radius 1 is 0.824 bits per heavy atom. The van der Waals surface area contributed by atoms with Crippen molar-refractivity contribution in [3.63, 3.8) is 0 Å². The lowest BCUT2D eigenvalue weighted by molar-refractivity contribution is -0.122. The average molecular weight is 454 g/mol. The van der Waals surface area contributed by atoms with E-state index in [-0.39, 0.29) is 29.6 Å². The standard InChI is InChI=1S/C29H27NO4/c1-18-11-13-24(15-19(18)2)34-29(33)22-9-6-10-23(16-22)30-27(31)25-14-12-21(17-26(25)28(30)32)20-7-4-3-5-8-20/h3-11,13,15-16,21,25-26H,12,14,17H2,1-2H3/t21-,25+,26+/m0/s1. The molecule has 0 unspecified atom stereocenters. The summed E-state index contributed by atoms with van der Waals surface area (Å²) in [6, 6.07) is 22.3. The zero-order chi connectivity index (χ0) is 23.8. The fourth-order valence-corrected chi connectivity index (χ4v) is 5.18. The Morgan fingerprint density at radius 3 is 2.35 bits per heavy atom. The minimum Gasteiger partial charge on any atom is -0.423 e. The van der Waals surface area contributed by atoms with Crippen molar-refractivity contribution in [3.05, 3.63) is 95.1 Å². The number of rotatable bonds is 4. The van der Waals surface area contributed by atoms with E-state index in [0.717, 1.165) is 17.5 Å². The van der Waals surface area contributed by atoms with Gasteiger partial charge in [-0.05, 0) is 86.1 Å². The summed E-state index contributed by atoms with van der Waals surface area (Å²) in [7, 11) is 0. The molecular formula is C29H27NO4. The van der Waals surface area contributed by atoms with Crippen molar-refractivity contribution in [2.24, 2.45) is 11.8 Å². The van der Waals surface area contributed by atoms with Crippen molar-refractivity contribution in [2.75, 3.05) is 4.90 Å². The molecule has 0 N–H and O–H groups in total. The van der Waals surface area contributed by atoms with Gasteiger partial charge in [0.1, 0.15) is 5.75 Å². The molecule has 1 aliphatic carbocycles. The van der Waals surface area contributed by atoms with E-state index in [1.165, 1.54) is 10.5 Å². The summed E-state index contributed by atoms with van der Waals surface area (Å²) in [6.45, 7) is 3.95. The summed E-state index contributed by atoms with van der Waals surface area (Å²) in [5.74, 6) is -0.735. The zero-order valence-electron chi connectivity index (χ0n) is 19.4. The number of carbonyl (C=O) groups excluding carboxylic acids is 3. The third-order valence-electron chi connectivity index (χ3n) is 7.23. The molecule has 5 nitrogen and oxygen atoms in total. The van der Waals surface area contributed by atoms with Crippen molar-refractivity contribution in [1.82, 2.24) is 0 Å². The summed E-state index contributed by atoms with van der Waals surface area (Å²) in [6.07, 6.45) is 2.25. The first kappa shape index (κ1) is 22.1. The molecular weight excluding hydrogens is 426 g/mol. The van der Waals surface area contributed by atoms with Gasteiger partial charge in [0.2, 0.25) is 11.8 Å². The maximum Gasteiger partial charge on any atom is 0.343 e. The van der Waals surface area contributed by atoms with Gasteiger partial charge in [-0.15, -0.1) is 0 Å². The first-order valence-electron chi connectivity index (χ1n) is 11.7. The molecule has 2 fully saturated rings. The molecule has 3 atom stereocenters. The van der Waals surface area contributed by atoms with Crippen LogP contribution in [0.25, 0.3) is 0 Å². The predicted molar refractivity (Wildman–Crippen MR) is 130 cm³/mol. The number of hydrogen-bond acceptors (Lipinski definition) is 4. The van der Waals surface area contributed by atoms with Gasteiger partial charge in [-0.3, -0.25) is 14.5 Å². The summed E-state index contributed by atoms with van der Waals surface area (Å²) in [5, 5.41) is 0. The number of hydrogen-bond donors (Lipinski definition) is 0.